The van der Waals surface area contributed by atoms with Crippen molar-refractivity contribution in [2.75, 3.05) is 0 Å². The predicted molar refractivity (Wildman–Crippen MR) is 74.6 cm³/mol. The Labute approximate surface area is 117 Å². The number of benzene rings is 2. The van der Waals surface area contributed by atoms with Crippen molar-refractivity contribution in [2.45, 2.75) is 19.1 Å². The minimum absolute atomic E-state index is 0.0490. The van der Waals surface area contributed by atoms with Gasteiger partial charge in [-0.25, -0.2) is 4.79 Å². The highest BCUT2D eigenvalue weighted by Gasteiger charge is 2.19. The molecule has 2 aromatic carbocycles. The molecule has 0 saturated carbocycles. The van der Waals surface area contributed by atoms with Gasteiger partial charge in [-0.05, 0) is 23.3 Å². The molecule has 104 valence electrons. The van der Waals surface area contributed by atoms with Gasteiger partial charge in [0, 0.05) is 6.42 Å². The van der Waals surface area contributed by atoms with Crippen molar-refractivity contribution < 1.29 is 19.7 Å². The van der Waals surface area contributed by atoms with Crippen LogP contribution in [-0.4, -0.2) is 22.3 Å². The van der Waals surface area contributed by atoms with Crippen molar-refractivity contribution in [3.63, 3.8) is 0 Å². The van der Waals surface area contributed by atoms with Crippen LogP contribution in [0.2, 0.25) is 0 Å². The lowest BCUT2D eigenvalue weighted by atomic mass is 10.1. The van der Waals surface area contributed by atoms with Crippen LogP contribution < -0.4 is 4.74 Å². The molecule has 20 heavy (non-hydrogen) atoms. The molecule has 0 saturated heterocycles. The Morgan fingerprint density at radius 1 is 1.00 bits per heavy atom. The largest absolute Gasteiger partial charge is 0.478 e. The molecule has 0 radical (unpaired) electrons. The molecule has 1 atom stereocenters. The van der Waals surface area contributed by atoms with Gasteiger partial charge in [-0.3, -0.25) is 0 Å². The number of hydrogen-bond acceptors (Lipinski definition) is 3. The SMILES string of the molecule is O=C(O)[C@H](Cc1ccccc1)Oc1ccc(CO)cc1. The van der Waals surface area contributed by atoms with E-state index >= 15 is 0 Å². The number of rotatable bonds is 6. The van der Waals surface area contributed by atoms with Crippen molar-refractivity contribution >= 4 is 5.97 Å². The van der Waals surface area contributed by atoms with Crippen molar-refractivity contribution in [3.05, 3.63) is 65.7 Å². The van der Waals surface area contributed by atoms with Crippen LogP contribution in [0.3, 0.4) is 0 Å². The van der Waals surface area contributed by atoms with Crippen LogP contribution in [0, 0.1) is 0 Å². The van der Waals surface area contributed by atoms with Crippen molar-refractivity contribution in [1.29, 1.82) is 0 Å². The topological polar surface area (TPSA) is 66.8 Å². The maximum Gasteiger partial charge on any atom is 0.345 e. The Balaban J connectivity index is 2.07. The average Bonchev–Trinajstić information content (AvgIpc) is 2.48. The second-order valence-corrected chi connectivity index (χ2v) is 4.44. The Morgan fingerprint density at radius 3 is 2.20 bits per heavy atom. The standard InChI is InChI=1S/C16H16O4/c17-11-13-6-8-14(9-7-13)20-15(16(18)19)10-12-4-2-1-3-5-12/h1-9,15,17H,10-11H2,(H,18,19)/t15-/m0/s1. The zero-order valence-electron chi connectivity index (χ0n) is 10.9. The third kappa shape index (κ3) is 3.83. The molecule has 2 aromatic rings. The molecule has 0 aliphatic rings. The molecule has 0 aliphatic carbocycles. The van der Waals surface area contributed by atoms with Gasteiger partial charge in [0.2, 0.25) is 0 Å². The third-order valence-corrected chi connectivity index (χ3v) is 2.92. The van der Waals surface area contributed by atoms with Crippen molar-refractivity contribution in [3.8, 4) is 5.75 Å². The van der Waals surface area contributed by atoms with Gasteiger partial charge in [0.1, 0.15) is 5.75 Å². The number of aliphatic hydroxyl groups excluding tert-OH is 1. The molecular formula is C16H16O4. The van der Waals surface area contributed by atoms with Crippen LogP contribution in [0.4, 0.5) is 0 Å². The van der Waals surface area contributed by atoms with Crippen LogP contribution in [0.1, 0.15) is 11.1 Å². The molecule has 0 unspecified atom stereocenters. The van der Waals surface area contributed by atoms with E-state index in [-0.39, 0.29) is 6.61 Å². The van der Waals surface area contributed by atoms with Crippen molar-refractivity contribution in [2.24, 2.45) is 0 Å². The Hall–Kier alpha value is -2.33. The van der Waals surface area contributed by atoms with Gasteiger partial charge in [-0.15, -0.1) is 0 Å². The fraction of sp³-hybridized carbons (Fsp3) is 0.188. The molecule has 0 bridgehead atoms. The lowest BCUT2D eigenvalue weighted by Crippen LogP contribution is -2.29. The highest BCUT2D eigenvalue weighted by molar-refractivity contribution is 5.73. The summed E-state index contributed by atoms with van der Waals surface area (Å²) in [6.07, 6.45) is -0.629. The number of ether oxygens (including phenoxy) is 1. The molecule has 4 heteroatoms. The fourth-order valence-electron chi connectivity index (χ4n) is 1.85. The predicted octanol–water partition coefficient (Wildman–Crippen LogP) is 2.25. The summed E-state index contributed by atoms with van der Waals surface area (Å²) in [5.74, 6) is -0.523. The maximum atomic E-state index is 11.3. The first-order valence-corrected chi connectivity index (χ1v) is 6.32. The van der Waals surface area contributed by atoms with Crippen molar-refractivity contribution in [1.82, 2.24) is 0 Å². The number of hydrogen-bond donors (Lipinski definition) is 2. The number of carbonyl (C=O) groups is 1. The number of aliphatic carboxylic acids is 1. The molecule has 2 rings (SSSR count). The van der Waals surface area contributed by atoms with Gasteiger partial charge in [0.15, 0.2) is 6.10 Å². The first-order chi connectivity index (χ1) is 9.69. The summed E-state index contributed by atoms with van der Waals surface area (Å²) in [5, 5.41) is 18.2. The summed E-state index contributed by atoms with van der Waals surface area (Å²) in [5.41, 5.74) is 1.67. The summed E-state index contributed by atoms with van der Waals surface area (Å²) >= 11 is 0. The Kier molecular flexibility index (Phi) is 4.74. The number of carboxylic acids is 1. The molecule has 0 heterocycles. The quantitative estimate of drug-likeness (QED) is 0.846. The third-order valence-electron chi connectivity index (χ3n) is 2.92. The summed E-state index contributed by atoms with van der Waals surface area (Å²) in [6, 6.07) is 16.1. The van der Waals surface area contributed by atoms with Gasteiger partial charge in [-0.2, -0.15) is 0 Å². The summed E-state index contributed by atoms with van der Waals surface area (Å²) in [4.78, 5) is 11.3. The van der Waals surface area contributed by atoms with Gasteiger partial charge in [0.25, 0.3) is 0 Å². The monoisotopic (exact) mass is 272 g/mol. The molecule has 0 aliphatic heterocycles. The van der Waals surface area contributed by atoms with Crippen LogP contribution in [-0.2, 0) is 17.8 Å². The molecule has 0 amide bonds. The highest BCUT2D eigenvalue weighted by atomic mass is 16.5. The lowest BCUT2D eigenvalue weighted by molar-refractivity contribution is -0.145. The molecule has 0 aromatic heterocycles. The normalized spacial score (nSPS) is 11.8. The van der Waals surface area contributed by atoms with E-state index in [9.17, 15) is 9.90 Å². The van der Waals surface area contributed by atoms with E-state index in [2.05, 4.69) is 0 Å². The molecular weight excluding hydrogens is 256 g/mol. The number of carboxylic acid groups (broad SMARTS) is 1. The molecule has 2 N–H and O–H groups in total. The van der Waals surface area contributed by atoms with E-state index in [0.29, 0.717) is 12.2 Å². The van der Waals surface area contributed by atoms with Gasteiger partial charge < -0.3 is 14.9 Å². The Bertz CT molecular complexity index is 548. The minimum Gasteiger partial charge on any atom is -0.478 e. The van der Waals surface area contributed by atoms with E-state index in [1.54, 1.807) is 24.3 Å². The first-order valence-electron chi connectivity index (χ1n) is 6.32. The number of aliphatic hydroxyl groups is 1. The van der Waals surface area contributed by atoms with Gasteiger partial charge in [0.05, 0.1) is 6.61 Å². The Morgan fingerprint density at radius 2 is 1.65 bits per heavy atom. The second-order valence-electron chi connectivity index (χ2n) is 4.44. The van der Waals surface area contributed by atoms with E-state index in [0.717, 1.165) is 11.1 Å². The molecule has 0 spiro atoms. The highest BCUT2D eigenvalue weighted by Crippen LogP contribution is 2.16. The van der Waals surface area contributed by atoms with E-state index in [4.69, 9.17) is 9.84 Å². The smallest absolute Gasteiger partial charge is 0.345 e. The van der Waals surface area contributed by atoms with Crippen LogP contribution >= 0.6 is 0 Å². The molecule has 4 nitrogen and oxygen atoms in total. The van der Waals surface area contributed by atoms with Crippen LogP contribution in [0.15, 0.2) is 54.6 Å². The first kappa shape index (κ1) is 14.1. The minimum atomic E-state index is -1.000. The van der Waals surface area contributed by atoms with E-state index in [1.165, 1.54) is 0 Å². The second kappa shape index (κ2) is 6.73. The molecule has 0 fully saturated rings. The van der Waals surface area contributed by atoms with Crippen LogP contribution in [0.25, 0.3) is 0 Å². The maximum absolute atomic E-state index is 11.3. The lowest BCUT2D eigenvalue weighted by Gasteiger charge is -2.15. The summed E-state index contributed by atoms with van der Waals surface area (Å²) in [7, 11) is 0. The van der Waals surface area contributed by atoms with Gasteiger partial charge >= 0.3 is 5.97 Å². The summed E-state index contributed by atoms with van der Waals surface area (Å²) < 4.78 is 5.50. The zero-order valence-corrected chi connectivity index (χ0v) is 10.9. The summed E-state index contributed by atoms with van der Waals surface area (Å²) in [6.45, 7) is -0.0490. The van der Waals surface area contributed by atoms with Crippen LogP contribution in [0.5, 0.6) is 5.75 Å². The van der Waals surface area contributed by atoms with E-state index < -0.39 is 12.1 Å². The average molecular weight is 272 g/mol. The fourth-order valence-corrected chi connectivity index (χ4v) is 1.85. The van der Waals surface area contributed by atoms with E-state index in [1.807, 2.05) is 30.3 Å². The zero-order chi connectivity index (χ0) is 14.4. The van der Waals surface area contributed by atoms with Gasteiger partial charge in [-0.1, -0.05) is 42.5 Å².